The van der Waals surface area contributed by atoms with Gasteiger partial charge in [0.1, 0.15) is 5.76 Å². The van der Waals surface area contributed by atoms with E-state index < -0.39 is 6.16 Å². The number of hydrogen-bond donors (Lipinski definition) is 0. The van der Waals surface area contributed by atoms with Crippen LogP contribution in [0, 0.1) is 16.7 Å². The van der Waals surface area contributed by atoms with Gasteiger partial charge in [0.05, 0.1) is 7.11 Å². The first-order valence-electron chi connectivity index (χ1n) is 6.72. The molecule has 1 aliphatic rings. The molecule has 3 heteroatoms. The van der Waals surface area contributed by atoms with Crippen LogP contribution in [0.1, 0.15) is 48.0 Å². The van der Waals surface area contributed by atoms with Crippen LogP contribution in [0.5, 0.6) is 0 Å². The zero-order valence-electron chi connectivity index (χ0n) is 13.2. The molecule has 0 N–H and O–H groups in total. The fraction of sp³-hybridized carbons (Fsp3) is 0.688. The van der Waals surface area contributed by atoms with Gasteiger partial charge in [-0.2, -0.15) is 0 Å². The van der Waals surface area contributed by atoms with Gasteiger partial charge in [-0.25, -0.2) is 4.79 Å². The summed E-state index contributed by atoms with van der Waals surface area (Å²) in [6.07, 6.45) is 4.25. The van der Waals surface area contributed by atoms with E-state index in [0.717, 1.165) is 6.42 Å². The Labute approximate surface area is 116 Å². The lowest BCUT2D eigenvalue weighted by atomic mass is 9.69. The minimum atomic E-state index is -0.645. The Balaban J connectivity index is 3.06. The molecule has 0 aromatic heterocycles. The van der Waals surface area contributed by atoms with Crippen molar-refractivity contribution in [2.24, 2.45) is 16.7 Å². The van der Waals surface area contributed by atoms with Gasteiger partial charge in [0.15, 0.2) is 0 Å². The minimum Gasteiger partial charge on any atom is -0.437 e. The molecule has 0 aromatic rings. The summed E-state index contributed by atoms with van der Waals surface area (Å²) >= 11 is 0. The minimum absolute atomic E-state index is 0.0324. The first kappa shape index (κ1) is 15.8. The Hall–Kier alpha value is -1.25. The van der Waals surface area contributed by atoms with Crippen LogP contribution in [0.25, 0.3) is 0 Å². The third-order valence-corrected chi connectivity index (χ3v) is 3.59. The van der Waals surface area contributed by atoms with E-state index in [2.05, 4.69) is 52.4 Å². The Kier molecular flexibility index (Phi) is 4.49. The Bertz CT molecular complexity index is 403. The summed E-state index contributed by atoms with van der Waals surface area (Å²) in [6.45, 7) is 13.1. The largest absolute Gasteiger partial charge is 0.513 e. The average Bonchev–Trinajstić information content (AvgIpc) is 2.26. The molecule has 1 aliphatic carbocycles. The van der Waals surface area contributed by atoms with Gasteiger partial charge in [-0.05, 0) is 23.3 Å². The monoisotopic (exact) mass is 266 g/mol. The lowest BCUT2D eigenvalue weighted by molar-refractivity contribution is 0.0756. The third kappa shape index (κ3) is 4.12. The Morgan fingerprint density at radius 3 is 2.16 bits per heavy atom. The molecule has 1 rings (SSSR count). The molecular weight excluding hydrogens is 240 g/mol. The summed E-state index contributed by atoms with van der Waals surface area (Å²) in [4.78, 5) is 11.3. The molecule has 0 bridgehead atoms. The first-order chi connectivity index (χ1) is 8.55. The molecule has 0 radical (unpaired) electrons. The summed E-state index contributed by atoms with van der Waals surface area (Å²) in [5, 5.41) is 0. The number of rotatable bonds is 1. The molecule has 0 saturated heterocycles. The van der Waals surface area contributed by atoms with Crippen molar-refractivity contribution in [1.29, 1.82) is 0 Å². The first-order valence-corrected chi connectivity index (χ1v) is 6.72. The molecule has 0 aromatic carbocycles. The van der Waals surface area contributed by atoms with Crippen molar-refractivity contribution in [3.63, 3.8) is 0 Å². The van der Waals surface area contributed by atoms with E-state index in [1.807, 2.05) is 6.08 Å². The number of allylic oxidation sites excluding steroid dienone is 4. The topological polar surface area (TPSA) is 35.5 Å². The molecule has 108 valence electrons. The fourth-order valence-electron chi connectivity index (χ4n) is 2.22. The molecular formula is C16H26O3. The quantitative estimate of drug-likeness (QED) is 0.646. The highest BCUT2D eigenvalue weighted by molar-refractivity contribution is 5.61. The molecule has 0 aliphatic heterocycles. The van der Waals surface area contributed by atoms with Gasteiger partial charge in [-0.3, -0.25) is 0 Å². The average molecular weight is 266 g/mol. The lowest BCUT2D eigenvalue weighted by Crippen LogP contribution is -2.29. The van der Waals surface area contributed by atoms with Gasteiger partial charge in [-0.15, -0.1) is 0 Å². The molecule has 0 fully saturated rings. The second-order valence-electron chi connectivity index (χ2n) is 7.19. The number of carbonyl (C=O) groups excluding carboxylic acids is 1. The number of carbonyl (C=O) groups is 1. The van der Waals surface area contributed by atoms with Crippen LogP contribution in [-0.2, 0) is 9.47 Å². The van der Waals surface area contributed by atoms with Gasteiger partial charge in [0.25, 0.3) is 0 Å². The van der Waals surface area contributed by atoms with E-state index in [1.165, 1.54) is 12.7 Å². The second kappa shape index (κ2) is 5.40. The predicted molar refractivity (Wildman–Crippen MR) is 76.7 cm³/mol. The molecule has 0 heterocycles. The van der Waals surface area contributed by atoms with Crippen LogP contribution in [0.3, 0.4) is 0 Å². The smallest absolute Gasteiger partial charge is 0.437 e. The lowest BCUT2D eigenvalue weighted by Gasteiger charge is -2.37. The van der Waals surface area contributed by atoms with Crippen molar-refractivity contribution in [2.45, 2.75) is 48.0 Å². The van der Waals surface area contributed by atoms with Crippen molar-refractivity contribution >= 4 is 6.16 Å². The van der Waals surface area contributed by atoms with E-state index >= 15 is 0 Å². The fourth-order valence-corrected chi connectivity index (χ4v) is 2.22. The maximum absolute atomic E-state index is 11.3. The van der Waals surface area contributed by atoms with Crippen molar-refractivity contribution < 1.29 is 14.3 Å². The number of hydrogen-bond acceptors (Lipinski definition) is 3. The SMILES string of the molecule is COC(=O)OC1=CC=C(C(C)(C)C)CC1C(C)(C)C. The zero-order chi connectivity index (χ0) is 14.8. The molecule has 3 nitrogen and oxygen atoms in total. The summed E-state index contributed by atoms with van der Waals surface area (Å²) in [5.41, 5.74) is 1.55. The number of ether oxygens (including phenoxy) is 2. The summed E-state index contributed by atoms with van der Waals surface area (Å²) in [6, 6.07) is 0. The maximum atomic E-state index is 11.3. The Morgan fingerprint density at radius 1 is 1.16 bits per heavy atom. The van der Waals surface area contributed by atoms with Crippen molar-refractivity contribution in [1.82, 2.24) is 0 Å². The molecule has 0 saturated carbocycles. The van der Waals surface area contributed by atoms with E-state index in [4.69, 9.17) is 4.74 Å². The van der Waals surface area contributed by atoms with Crippen molar-refractivity contribution in [2.75, 3.05) is 7.11 Å². The highest BCUT2D eigenvalue weighted by Gasteiger charge is 2.35. The van der Waals surface area contributed by atoms with E-state index in [9.17, 15) is 4.79 Å². The third-order valence-electron chi connectivity index (χ3n) is 3.59. The summed E-state index contributed by atoms with van der Waals surface area (Å²) in [7, 11) is 1.33. The van der Waals surface area contributed by atoms with Crippen LogP contribution in [0.4, 0.5) is 4.79 Å². The van der Waals surface area contributed by atoms with Gasteiger partial charge < -0.3 is 9.47 Å². The zero-order valence-corrected chi connectivity index (χ0v) is 13.2. The van der Waals surface area contributed by atoms with Crippen LogP contribution < -0.4 is 0 Å². The van der Waals surface area contributed by atoms with Crippen LogP contribution in [-0.4, -0.2) is 13.3 Å². The molecule has 0 spiro atoms. The summed E-state index contributed by atoms with van der Waals surface area (Å²) in [5.74, 6) is 0.887. The molecule has 1 unspecified atom stereocenters. The molecule has 1 atom stereocenters. The van der Waals surface area contributed by atoms with Crippen LogP contribution in [0.2, 0.25) is 0 Å². The second-order valence-corrected chi connectivity index (χ2v) is 7.19. The van der Waals surface area contributed by atoms with E-state index in [0.29, 0.717) is 5.76 Å². The number of methoxy groups -OCH3 is 1. The normalized spacial score (nSPS) is 20.5. The van der Waals surface area contributed by atoms with Gasteiger partial charge in [-0.1, -0.05) is 53.2 Å². The van der Waals surface area contributed by atoms with E-state index in [1.54, 1.807) is 0 Å². The van der Waals surface area contributed by atoms with Gasteiger partial charge in [0, 0.05) is 5.92 Å². The van der Waals surface area contributed by atoms with E-state index in [-0.39, 0.29) is 16.7 Å². The predicted octanol–water partition coefficient (Wildman–Crippen LogP) is 4.69. The van der Waals surface area contributed by atoms with Crippen molar-refractivity contribution in [3.8, 4) is 0 Å². The van der Waals surface area contributed by atoms with Gasteiger partial charge in [0.2, 0.25) is 0 Å². The highest BCUT2D eigenvalue weighted by Crippen LogP contribution is 2.44. The van der Waals surface area contributed by atoms with Gasteiger partial charge >= 0.3 is 6.16 Å². The molecule has 0 amide bonds. The van der Waals surface area contributed by atoms with Crippen LogP contribution >= 0.6 is 0 Å². The highest BCUT2D eigenvalue weighted by atomic mass is 16.7. The molecule has 19 heavy (non-hydrogen) atoms. The Morgan fingerprint density at radius 2 is 1.74 bits per heavy atom. The van der Waals surface area contributed by atoms with Crippen molar-refractivity contribution in [3.05, 3.63) is 23.5 Å². The standard InChI is InChI=1S/C16H26O3/c1-15(2,3)11-8-9-13(19-14(17)18-7)12(10-11)16(4,5)6/h8-9,12H,10H2,1-7H3. The maximum Gasteiger partial charge on any atom is 0.513 e. The summed E-state index contributed by atoms with van der Waals surface area (Å²) < 4.78 is 9.88. The van der Waals surface area contributed by atoms with Crippen LogP contribution in [0.15, 0.2) is 23.5 Å².